The highest BCUT2D eigenvalue weighted by Gasteiger charge is 2.48. The number of anilines is 1. The molecule has 3 aromatic rings. The van der Waals surface area contributed by atoms with Gasteiger partial charge in [-0.05, 0) is 72.2 Å². The first-order chi connectivity index (χ1) is 16.0. The molecule has 1 atom stereocenters. The van der Waals surface area contributed by atoms with E-state index in [1.54, 1.807) is 19.2 Å². The number of ether oxygens (including phenoxy) is 1. The molecular formula is C28H29NO4S. The van der Waals surface area contributed by atoms with Crippen LogP contribution >= 0.6 is 11.3 Å². The number of methoxy groups -OCH3 is 1. The minimum Gasteiger partial charge on any atom is -0.507 e. The van der Waals surface area contributed by atoms with Crippen LogP contribution in [0, 0.1) is 13.8 Å². The standard InChI is InChI=1S/C28H29NO4S/c1-16-8-7-9-19(14-16)29-23(26-17(2)12-13-34-26)22(25(31)27(29)32)24(30)18-10-11-21(33-6)20(15-18)28(3,4)5/h7-15,23,30H,1-6H3/b24-22-. The molecular weight excluding hydrogens is 446 g/mol. The van der Waals surface area contributed by atoms with E-state index >= 15 is 0 Å². The van der Waals surface area contributed by atoms with Crippen LogP contribution in [0.4, 0.5) is 5.69 Å². The molecule has 0 aliphatic carbocycles. The number of ketones is 1. The average Bonchev–Trinajstić information content (AvgIpc) is 3.32. The predicted molar refractivity (Wildman–Crippen MR) is 137 cm³/mol. The van der Waals surface area contributed by atoms with Gasteiger partial charge in [0.15, 0.2) is 0 Å². The average molecular weight is 476 g/mol. The van der Waals surface area contributed by atoms with Crippen molar-refractivity contribution in [3.63, 3.8) is 0 Å². The van der Waals surface area contributed by atoms with Gasteiger partial charge in [0.1, 0.15) is 17.6 Å². The minimum absolute atomic E-state index is 0.0992. The number of aliphatic hydroxyl groups excluding tert-OH is 1. The van der Waals surface area contributed by atoms with E-state index in [1.165, 1.54) is 16.2 Å². The molecule has 0 saturated carbocycles. The lowest BCUT2D eigenvalue weighted by Crippen LogP contribution is -2.29. The van der Waals surface area contributed by atoms with Gasteiger partial charge in [-0.15, -0.1) is 11.3 Å². The van der Waals surface area contributed by atoms with Crippen LogP contribution in [0.15, 0.2) is 59.5 Å². The van der Waals surface area contributed by atoms with Crippen molar-refractivity contribution in [2.24, 2.45) is 0 Å². The van der Waals surface area contributed by atoms with Crippen molar-refractivity contribution >= 4 is 34.5 Å². The summed E-state index contributed by atoms with van der Waals surface area (Å²) in [6.45, 7) is 10.1. The maximum absolute atomic E-state index is 13.4. The van der Waals surface area contributed by atoms with Gasteiger partial charge in [0.25, 0.3) is 11.7 Å². The van der Waals surface area contributed by atoms with Crippen molar-refractivity contribution in [3.05, 3.63) is 86.6 Å². The number of Topliss-reactive ketones (excluding diaryl/α,β-unsaturated/α-hetero) is 1. The molecule has 1 saturated heterocycles. The Morgan fingerprint density at radius 3 is 2.38 bits per heavy atom. The Balaban J connectivity index is 1.96. The lowest BCUT2D eigenvalue weighted by Gasteiger charge is -2.26. The highest BCUT2D eigenvalue weighted by molar-refractivity contribution is 7.10. The molecule has 6 heteroatoms. The highest BCUT2D eigenvalue weighted by atomic mass is 32.1. The van der Waals surface area contributed by atoms with Gasteiger partial charge in [-0.25, -0.2) is 0 Å². The molecule has 2 aromatic carbocycles. The summed E-state index contributed by atoms with van der Waals surface area (Å²) < 4.78 is 5.53. The van der Waals surface area contributed by atoms with E-state index < -0.39 is 17.7 Å². The van der Waals surface area contributed by atoms with Crippen LogP contribution in [0.25, 0.3) is 5.76 Å². The highest BCUT2D eigenvalue weighted by Crippen LogP contribution is 2.45. The number of nitrogens with zero attached hydrogens (tertiary/aromatic N) is 1. The summed E-state index contributed by atoms with van der Waals surface area (Å²) in [5.41, 5.74) is 3.80. The smallest absolute Gasteiger partial charge is 0.300 e. The lowest BCUT2D eigenvalue weighted by atomic mass is 9.84. The summed E-state index contributed by atoms with van der Waals surface area (Å²) in [4.78, 5) is 29.1. The Labute approximate surface area is 204 Å². The molecule has 4 rings (SSSR count). The van der Waals surface area contributed by atoms with Crippen molar-refractivity contribution in [2.75, 3.05) is 12.0 Å². The number of benzene rings is 2. The monoisotopic (exact) mass is 475 g/mol. The van der Waals surface area contributed by atoms with E-state index in [0.717, 1.165) is 21.6 Å². The molecule has 1 aromatic heterocycles. The van der Waals surface area contributed by atoms with Crippen LogP contribution in [0.1, 0.15) is 53.9 Å². The molecule has 1 unspecified atom stereocenters. The number of aliphatic hydroxyl groups is 1. The zero-order chi connectivity index (χ0) is 24.8. The maximum Gasteiger partial charge on any atom is 0.300 e. The summed E-state index contributed by atoms with van der Waals surface area (Å²) in [6.07, 6.45) is 0. The SMILES string of the molecule is COc1ccc(/C(O)=C2/C(=O)C(=O)N(c3cccc(C)c3)C2c2sccc2C)cc1C(C)(C)C. The van der Waals surface area contributed by atoms with E-state index in [9.17, 15) is 14.7 Å². The van der Waals surface area contributed by atoms with Crippen LogP contribution in [0.2, 0.25) is 0 Å². The summed E-state index contributed by atoms with van der Waals surface area (Å²) in [5.74, 6) is -0.811. The second kappa shape index (κ2) is 8.76. The molecule has 0 bridgehead atoms. The van der Waals surface area contributed by atoms with Crippen molar-refractivity contribution in [1.29, 1.82) is 0 Å². The fourth-order valence-electron chi connectivity index (χ4n) is 4.39. The third-order valence-electron chi connectivity index (χ3n) is 6.16. The van der Waals surface area contributed by atoms with E-state index in [2.05, 4.69) is 20.8 Å². The van der Waals surface area contributed by atoms with Gasteiger partial charge in [-0.1, -0.05) is 32.9 Å². The van der Waals surface area contributed by atoms with Gasteiger partial charge < -0.3 is 9.84 Å². The molecule has 34 heavy (non-hydrogen) atoms. The number of aryl methyl sites for hydroxylation is 2. The van der Waals surface area contributed by atoms with Crippen molar-refractivity contribution in [3.8, 4) is 5.75 Å². The lowest BCUT2D eigenvalue weighted by molar-refractivity contribution is -0.132. The molecule has 176 valence electrons. The number of hydrogen-bond donors (Lipinski definition) is 1. The van der Waals surface area contributed by atoms with Gasteiger partial charge >= 0.3 is 0 Å². The van der Waals surface area contributed by atoms with Gasteiger partial charge in [-0.2, -0.15) is 0 Å². The minimum atomic E-state index is -0.706. The summed E-state index contributed by atoms with van der Waals surface area (Å²) >= 11 is 1.47. The Bertz CT molecular complexity index is 1310. The summed E-state index contributed by atoms with van der Waals surface area (Å²) in [7, 11) is 1.61. The zero-order valence-corrected chi connectivity index (χ0v) is 21.1. The van der Waals surface area contributed by atoms with Gasteiger partial charge in [0.05, 0.1) is 12.7 Å². The van der Waals surface area contributed by atoms with E-state index in [-0.39, 0.29) is 16.7 Å². The van der Waals surface area contributed by atoms with Crippen molar-refractivity contribution < 1.29 is 19.4 Å². The fourth-order valence-corrected chi connectivity index (χ4v) is 5.41. The molecule has 1 fully saturated rings. The normalized spacial score (nSPS) is 17.9. The Kier molecular flexibility index (Phi) is 6.13. The van der Waals surface area contributed by atoms with Crippen molar-refractivity contribution in [2.45, 2.75) is 46.1 Å². The first kappa shape index (κ1) is 23.8. The Morgan fingerprint density at radius 2 is 1.79 bits per heavy atom. The van der Waals surface area contributed by atoms with Crippen LogP contribution in [0.3, 0.4) is 0 Å². The van der Waals surface area contributed by atoms with Gasteiger partial charge in [0, 0.05) is 21.7 Å². The number of rotatable bonds is 4. The molecule has 1 aliphatic rings. The Morgan fingerprint density at radius 1 is 1.06 bits per heavy atom. The van der Waals surface area contributed by atoms with Gasteiger partial charge in [-0.3, -0.25) is 14.5 Å². The van der Waals surface area contributed by atoms with E-state index in [0.29, 0.717) is 17.0 Å². The molecule has 5 nitrogen and oxygen atoms in total. The van der Waals surface area contributed by atoms with Crippen LogP contribution in [0.5, 0.6) is 5.75 Å². The quantitative estimate of drug-likeness (QED) is 0.273. The topological polar surface area (TPSA) is 66.8 Å². The Hall–Kier alpha value is -3.38. The van der Waals surface area contributed by atoms with E-state index in [4.69, 9.17) is 4.74 Å². The second-order valence-electron chi connectivity index (χ2n) is 9.64. The number of hydrogen-bond acceptors (Lipinski definition) is 5. The summed E-state index contributed by atoms with van der Waals surface area (Å²) in [6, 6.07) is 14.1. The first-order valence-corrected chi connectivity index (χ1v) is 12.0. The third kappa shape index (κ3) is 4.03. The largest absolute Gasteiger partial charge is 0.507 e. The fraction of sp³-hybridized carbons (Fsp3) is 0.286. The molecule has 1 N–H and O–H groups in total. The van der Waals surface area contributed by atoms with Crippen LogP contribution < -0.4 is 9.64 Å². The molecule has 1 amide bonds. The molecule has 0 spiro atoms. The van der Waals surface area contributed by atoms with E-state index in [1.807, 2.05) is 55.6 Å². The third-order valence-corrected chi connectivity index (χ3v) is 7.23. The van der Waals surface area contributed by atoms with Crippen LogP contribution in [-0.4, -0.2) is 23.9 Å². The zero-order valence-electron chi connectivity index (χ0n) is 20.3. The van der Waals surface area contributed by atoms with Crippen molar-refractivity contribution in [1.82, 2.24) is 0 Å². The number of thiophene rings is 1. The second-order valence-corrected chi connectivity index (χ2v) is 10.6. The molecule has 1 aliphatic heterocycles. The predicted octanol–water partition coefficient (Wildman–Crippen LogP) is 6.30. The molecule has 0 radical (unpaired) electrons. The maximum atomic E-state index is 13.4. The number of carbonyl (C=O) groups is 2. The summed E-state index contributed by atoms with van der Waals surface area (Å²) in [5, 5.41) is 13.4. The number of carbonyl (C=O) groups excluding carboxylic acids is 2. The molecule has 2 heterocycles. The van der Waals surface area contributed by atoms with Gasteiger partial charge in [0.2, 0.25) is 0 Å². The van der Waals surface area contributed by atoms with Crippen LogP contribution in [-0.2, 0) is 15.0 Å². The number of amides is 1. The first-order valence-electron chi connectivity index (χ1n) is 11.1.